The number of nitrogens with one attached hydrogen (secondary N) is 1. The van der Waals surface area contributed by atoms with Crippen molar-refractivity contribution >= 4 is 49.6 Å². The maximum atomic E-state index is 12.9. The Balaban J connectivity index is 1.45. The quantitative estimate of drug-likeness (QED) is 0.491. The van der Waals surface area contributed by atoms with E-state index in [1.165, 1.54) is 4.90 Å². The average Bonchev–Trinajstić information content (AvgIpc) is 3.33. The largest absolute Gasteiger partial charge is 0.376 e. The minimum Gasteiger partial charge on any atom is -0.376 e. The Labute approximate surface area is 163 Å². The van der Waals surface area contributed by atoms with Gasteiger partial charge in [0.25, 0.3) is 0 Å². The number of carbonyl (C=O) groups is 3. The zero-order valence-corrected chi connectivity index (χ0v) is 17.2. The molecule has 0 unspecified atom stereocenters. The minimum absolute atomic E-state index is 0.0414. The number of fused-ring (bicyclic) bond motifs is 5. The maximum absolute atomic E-state index is 12.9. The highest BCUT2D eigenvalue weighted by Gasteiger charge is 2.67. The van der Waals surface area contributed by atoms with Gasteiger partial charge in [-0.2, -0.15) is 0 Å². The lowest BCUT2D eigenvalue weighted by Gasteiger charge is -2.28. The second-order valence-corrected chi connectivity index (χ2v) is 9.72. The van der Waals surface area contributed by atoms with Gasteiger partial charge in [-0.3, -0.25) is 19.3 Å². The van der Waals surface area contributed by atoms with Crippen molar-refractivity contribution in [1.82, 2.24) is 10.2 Å². The summed E-state index contributed by atoms with van der Waals surface area (Å²) in [6, 6.07) is -0.769. The van der Waals surface area contributed by atoms with Gasteiger partial charge in [-0.15, -0.1) is 0 Å². The Morgan fingerprint density at radius 1 is 1.24 bits per heavy atom. The van der Waals surface area contributed by atoms with Crippen LogP contribution in [0.4, 0.5) is 0 Å². The fourth-order valence-corrected chi connectivity index (χ4v) is 6.91. The molecule has 0 aromatic carbocycles. The van der Waals surface area contributed by atoms with E-state index in [1.807, 2.05) is 0 Å². The van der Waals surface area contributed by atoms with Gasteiger partial charge in [-0.05, 0) is 38.0 Å². The van der Waals surface area contributed by atoms with E-state index in [-0.39, 0.29) is 57.2 Å². The molecule has 6 nitrogen and oxygen atoms in total. The van der Waals surface area contributed by atoms with Gasteiger partial charge in [0.2, 0.25) is 17.7 Å². The Morgan fingerprint density at radius 3 is 2.36 bits per heavy atom. The molecule has 2 aliphatic carbocycles. The fraction of sp³-hybridized carbons (Fsp3) is 0.824. The number of ether oxygens (including phenoxy) is 1. The molecule has 4 aliphatic rings. The van der Waals surface area contributed by atoms with Gasteiger partial charge in [0.05, 0.1) is 17.9 Å². The molecule has 1 N–H and O–H groups in total. The van der Waals surface area contributed by atoms with E-state index in [1.54, 1.807) is 6.92 Å². The van der Waals surface area contributed by atoms with E-state index in [0.717, 1.165) is 25.9 Å². The van der Waals surface area contributed by atoms with Crippen molar-refractivity contribution in [1.29, 1.82) is 0 Å². The summed E-state index contributed by atoms with van der Waals surface area (Å²) in [4.78, 5) is 39.9. The van der Waals surface area contributed by atoms with Crippen LogP contribution in [0.25, 0.3) is 0 Å². The Bertz CT molecular complexity index is 577. The molecule has 25 heavy (non-hydrogen) atoms. The van der Waals surface area contributed by atoms with Crippen LogP contribution in [0.2, 0.25) is 0 Å². The monoisotopic (exact) mass is 476 g/mol. The van der Waals surface area contributed by atoms with Gasteiger partial charge in [0, 0.05) is 22.8 Å². The first-order valence-electron chi connectivity index (χ1n) is 8.96. The van der Waals surface area contributed by atoms with Gasteiger partial charge >= 0.3 is 0 Å². The normalized spacial score (nSPS) is 43.6. The van der Waals surface area contributed by atoms with E-state index in [9.17, 15) is 14.4 Å². The second kappa shape index (κ2) is 6.60. The van der Waals surface area contributed by atoms with Gasteiger partial charge in [0.1, 0.15) is 6.04 Å². The predicted molar refractivity (Wildman–Crippen MR) is 97.3 cm³/mol. The van der Waals surface area contributed by atoms with E-state index >= 15 is 0 Å². The zero-order valence-electron chi connectivity index (χ0n) is 14.0. The summed E-state index contributed by atoms with van der Waals surface area (Å²) in [7, 11) is 0. The first-order valence-corrected chi connectivity index (χ1v) is 10.8. The number of hydrogen-bond acceptors (Lipinski definition) is 4. The molecule has 2 saturated heterocycles. The molecule has 2 bridgehead atoms. The zero-order chi connectivity index (χ0) is 17.9. The summed E-state index contributed by atoms with van der Waals surface area (Å²) in [6.07, 6.45) is 2.88. The molecule has 8 heteroatoms. The van der Waals surface area contributed by atoms with Crippen LogP contribution in [-0.2, 0) is 19.1 Å². The summed E-state index contributed by atoms with van der Waals surface area (Å²) in [5.41, 5.74) is 0. The standard InChI is InChI=1S/C17H22Br2N2O4/c1-7(15(22)20-6-8-3-2-4-25-8)21-16(23)11-9-5-10(12(11)17(21)24)14(19)13(9)18/h7-14H,2-6H2,1H3,(H,20,22)/t7-,8+,9-,10-,11-,12-,13+,14+/m1/s1. The maximum Gasteiger partial charge on any atom is 0.243 e. The molecule has 0 spiro atoms. The second-order valence-electron chi connectivity index (χ2n) is 7.61. The Kier molecular flexibility index (Phi) is 4.73. The van der Waals surface area contributed by atoms with Crippen LogP contribution >= 0.6 is 31.9 Å². The lowest BCUT2D eigenvalue weighted by Crippen LogP contribution is -2.50. The van der Waals surface area contributed by atoms with E-state index in [4.69, 9.17) is 4.74 Å². The van der Waals surface area contributed by atoms with E-state index in [2.05, 4.69) is 37.2 Å². The van der Waals surface area contributed by atoms with Crippen LogP contribution in [0.3, 0.4) is 0 Å². The molecule has 2 heterocycles. The average molecular weight is 478 g/mol. The van der Waals surface area contributed by atoms with Crippen molar-refractivity contribution < 1.29 is 19.1 Å². The Morgan fingerprint density at radius 2 is 1.84 bits per heavy atom. The summed E-state index contributed by atoms with van der Waals surface area (Å²) < 4.78 is 5.50. The number of amides is 3. The van der Waals surface area contributed by atoms with Gasteiger partial charge in [-0.25, -0.2) is 0 Å². The molecular formula is C17H22Br2N2O4. The third-order valence-electron chi connectivity index (χ3n) is 6.32. The molecule has 2 saturated carbocycles. The minimum atomic E-state index is -0.769. The highest BCUT2D eigenvalue weighted by atomic mass is 79.9. The summed E-state index contributed by atoms with van der Waals surface area (Å²) in [6.45, 7) is 2.80. The molecule has 4 fully saturated rings. The lowest BCUT2D eigenvalue weighted by atomic mass is 9.81. The molecule has 8 atom stereocenters. The van der Waals surface area contributed by atoms with Gasteiger partial charge in [-0.1, -0.05) is 31.9 Å². The smallest absolute Gasteiger partial charge is 0.243 e. The fourth-order valence-electron chi connectivity index (χ4n) is 5.04. The summed E-state index contributed by atoms with van der Waals surface area (Å²) in [5, 5.41) is 2.84. The number of alkyl halides is 2. The molecule has 3 amide bonds. The third kappa shape index (κ3) is 2.70. The third-order valence-corrected chi connectivity index (χ3v) is 9.52. The summed E-state index contributed by atoms with van der Waals surface area (Å²) >= 11 is 7.34. The van der Waals surface area contributed by atoms with Crippen LogP contribution < -0.4 is 5.32 Å². The number of halogens is 2. The topological polar surface area (TPSA) is 75.7 Å². The highest BCUT2D eigenvalue weighted by Crippen LogP contribution is 2.60. The van der Waals surface area contributed by atoms with Crippen LogP contribution in [-0.4, -0.2) is 57.6 Å². The number of likely N-dealkylation sites (tertiary alicyclic amines) is 1. The summed E-state index contributed by atoms with van der Waals surface area (Å²) in [5.74, 6) is -0.841. The molecule has 2 aliphatic heterocycles. The Hall–Kier alpha value is -0.470. The lowest BCUT2D eigenvalue weighted by molar-refractivity contribution is -0.148. The van der Waals surface area contributed by atoms with Crippen molar-refractivity contribution in [3.8, 4) is 0 Å². The van der Waals surface area contributed by atoms with Crippen LogP contribution in [0.15, 0.2) is 0 Å². The molecule has 0 aromatic heterocycles. The number of imide groups is 1. The number of rotatable bonds is 4. The molecule has 4 rings (SSSR count). The van der Waals surface area contributed by atoms with Crippen LogP contribution in [0, 0.1) is 23.7 Å². The first-order chi connectivity index (χ1) is 11.9. The number of carbonyl (C=O) groups excluding carboxylic acids is 3. The number of nitrogens with zero attached hydrogens (tertiary/aromatic N) is 1. The van der Waals surface area contributed by atoms with Crippen LogP contribution in [0.1, 0.15) is 26.2 Å². The van der Waals surface area contributed by atoms with Gasteiger partial charge in [0.15, 0.2) is 0 Å². The van der Waals surface area contributed by atoms with E-state index < -0.39 is 6.04 Å². The van der Waals surface area contributed by atoms with Crippen molar-refractivity contribution in [2.45, 2.75) is 48.0 Å². The highest BCUT2D eigenvalue weighted by molar-refractivity contribution is 9.12. The molecule has 138 valence electrons. The molecular weight excluding hydrogens is 456 g/mol. The molecule has 0 radical (unpaired) electrons. The van der Waals surface area contributed by atoms with E-state index in [0.29, 0.717) is 6.54 Å². The van der Waals surface area contributed by atoms with Crippen LogP contribution in [0.5, 0.6) is 0 Å². The van der Waals surface area contributed by atoms with Crippen molar-refractivity contribution in [3.05, 3.63) is 0 Å². The SMILES string of the molecule is C[C@H](C(=O)NC[C@@H]1CCCO1)N1C(=O)[C@@H]2[C@H]3C[C@@H]([C@H](Br)[C@H]3Br)[C@H]2C1=O. The first kappa shape index (κ1) is 17.9. The van der Waals surface area contributed by atoms with Gasteiger partial charge < -0.3 is 10.1 Å². The molecule has 0 aromatic rings. The number of hydrogen-bond donors (Lipinski definition) is 1. The predicted octanol–water partition coefficient (Wildman–Crippen LogP) is 1.45. The van der Waals surface area contributed by atoms with Crippen molar-refractivity contribution in [2.24, 2.45) is 23.7 Å². The van der Waals surface area contributed by atoms with Crippen molar-refractivity contribution in [2.75, 3.05) is 13.2 Å². The van der Waals surface area contributed by atoms with Crippen molar-refractivity contribution in [3.63, 3.8) is 0 Å².